The minimum atomic E-state index is -0.247. The average Bonchev–Trinajstić information content (AvgIpc) is 3.00. The summed E-state index contributed by atoms with van der Waals surface area (Å²) < 4.78 is 18.3. The third-order valence-electron chi connectivity index (χ3n) is 3.40. The van der Waals surface area contributed by atoms with Crippen molar-refractivity contribution in [3.05, 3.63) is 52.0 Å². The highest BCUT2D eigenvalue weighted by atomic mass is 127. The van der Waals surface area contributed by atoms with Gasteiger partial charge in [0.05, 0.1) is 13.2 Å². The number of aliphatic imine (C=N–C) groups is 1. The average molecular weight is 477 g/mol. The number of thiophene rings is 1. The van der Waals surface area contributed by atoms with Gasteiger partial charge in [0.15, 0.2) is 5.96 Å². The number of hydrogen-bond acceptors (Lipinski definition) is 3. The molecular formula is C18H25FIN3OS. The lowest BCUT2D eigenvalue weighted by molar-refractivity contribution is 0.306. The number of unbranched alkanes of at least 4 members (excludes halogenated alkanes) is 1. The first-order chi connectivity index (χ1) is 11.7. The first-order valence-electron chi connectivity index (χ1n) is 8.05. The Labute approximate surface area is 169 Å². The van der Waals surface area contributed by atoms with Crippen LogP contribution >= 0.6 is 35.3 Å². The summed E-state index contributed by atoms with van der Waals surface area (Å²) in [5, 5.41) is 6.59. The highest BCUT2D eigenvalue weighted by Gasteiger charge is 2.00. The molecule has 0 aliphatic carbocycles. The largest absolute Gasteiger partial charge is 0.494 e. The van der Waals surface area contributed by atoms with Crippen LogP contribution in [-0.4, -0.2) is 26.2 Å². The fourth-order valence-electron chi connectivity index (χ4n) is 2.13. The van der Waals surface area contributed by atoms with Crippen LogP contribution in [0, 0.1) is 12.7 Å². The van der Waals surface area contributed by atoms with Gasteiger partial charge in [-0.3, -0.25) is 4.99 Å². The molecule has 1 aromatic carbocycles. The van der Waals surface area contributed by atoms with Crippen molar-refractivity contribution in [1.82, 2.24) is 10.6 Å². The summed E-state index contributed by atoms with van der Waals surface area (Å²) in [6, 6.07) is 10.4. The number of benzene rings is 1. The van der Waals surface area contributed by atoms with E-state index >= 15 is 0 Å². The smallest absolute Gasteiger partial charge is 0.191 e. The van der Waals surface area contributed by atoms with E-state index in [4.69, 9.17) is 4.74 Å². The summed E-state index contributed by atoms with van der Waals surface area (Å²) in [6.07, 6.45) is 1.89. The molecule has 0 spiro atoms. The number of guanidine groups is 1. The van der Waals surface area contributed by atoms with Crippen LogP contribution in [0.3, 0.4) is 0 Å². The first kappa shape index (κ1) is 21.7. The van der Waals surface area contributed by atoms with Crippen LogP contribution in [-0.2, 0) is 6.54 Å². The molecule has 0 atom stereocenters. The fraction of sp³-hybridized carbons (Fsp3) is 0.389. The number of halogens is 2. The van der Waals surface area contributed by atoms with Crippen molar-refractivity contribution >= 4 is 41.3 Å². The molecule has 0 radical (unpaired) electrons. The molecule has 4 nitrogen and oxygen atoms in total. The van der Waals surface area contributed by atoms with Crippen LogP contribution < -0.4 is 15.4 Å². The van der Waals surface area contributed by atoms with E-state index in [2.05, 4.69) is 34.7 Å². The van der Waals surface area contributed by atoms with E-state index < -0.39 is 0 Å². The van der Waals surface area contributed by atoms with E-state index in [0.717, 1.165) is 31.9 Å². The number of rotatable bonds is 8. The van der Waals surface area contributed by atoms with Crippen molar-refractivity contribution in [2.45, 2.75) is 26.3 Å². The standard InChI is InChI=1S/C18H24FN3OS.HI/c1-14-5-10-17(24-14)13-22-18(20-2)21-11-3-4-12-23-16-8-6-15(19)7-9-16;/h5-10H,3-4,11-13H2,1-2H3,(H2,20,21,22);1H. The summed E-state index contributed by atoms with van der Waals surface area (Å²) in [5.41, 5.74) is 0. The van der Waals surface area contributed by atoms with Gasteiger partial charge in [0.1, 0.15) is 11.6 Å². The highest BCUT2D eigenvalue weighted by Crippen LogP contribution is 2.14. The zero-order chi connectivity index (χ0) is 17.2. The third kappa shape index (κ3) is 8.53. The third-order valence-corrected chi connectivity index (χ3v) is 4.40. The predicted octanol–water partition coefficient (Wildman–Crippen LogP) is 4.34. The van der Waals surface area contributed by atoms with Gasteiger partial charge >= 0.3 is 0 Å². The molecule has 0 fully saturated rings. The number of nitrogens with one attached hydrogen (secondary N) is 2. The fourth-order valence-corrected chi connectivity index (χ4v) is 2.96. The van der Waals surface area contributed by atoms with Crippen LogP contribution in [0.1, 0.15) is 22.6 Å². The molecule has 1 heterocycles. The number of hydrogen-bond donors (Lipinski definition) is 2. The van der Waals surface area contributed by atoms with Gasteiger partial charge in [0.25, 0.3) is 0 Å². The van der Waals surface area contributed by atoms with Gasteiger partial charge in [-0.1, -0.05) is 0 Å². The van der Waals surface area contributed by atoms with Crippen molar-refractivity contribution in [1.29, 1.82) is 0 Å². The quantitative estimate of drug-likeness (QED) is 0.258. The Morgan fingerprint density at radius 1 is 1.12 bits per heavy atom. The van der Waals surface area contributed by atoms with Crippen molar-refractivity contribution in [2.75, 3.05) is 20.2 Å². The van der Waals surface area contributed by atoms with Crippen LogP contribution in [0.4, 0.5) is 4.39 Å². The molecule has 1 aromatic heterocycles. The van der Waals surface area contributed by atoms with Crippen LogP contribution in [0.15, 0.2) is 41.4 Å². The second-order valence-corrected chi connectivity index (χ2v) is 6.75. The highest BCUT2D eigenvalue weighted by molar-refractivity contribution is 14.0. The maximum absolute atomic E-state index is 12.8. The maximum Gasteiger partial charge on any atom is 0.191 e. The van der Waals surface area contributed by atoms with Crippen molar-refractivity contribution in [3.8, 4) is 5.75 Å². The van der Waals surface area contributed by atoms with Crippen molar-refractivity contribution in [2.24, 2.45) is 4.99 Å². The lowest BCUT2D eigenvalue weighted by Gasteiger charge is -2.11. The summed E-state index contributed by atoms with van der Waals surface area (Å²) in [7, 11) is 1.77. The molecular weight excluding hydrogens is 452 g/mol. The Bertz CT molecular complexity index is 646. The summed E-state index contributed by atoms with van der Waals surface area (Å²) in [6.45, 7) is 4.34. The Hall–Kier alpha value is -1.35. The van der Waals surface area contributed by atoms with Gasteiger partial charge in [-0.05, 0) is 56.2 Å². The van der Waals surface area contributed by atoms with E-state index in [1.54, 1.807) is 30.5 Å². The Balaban J connectivity index is 0.00000312. The van der Waals surface area contributed by atoms with Gasteiger partial charge in [-0.2, -0.15) is 0 Å². The monoisotopic (exact) mass is 477 g/mol. The molecule has 2 aromatic rings. The molecule has 2 N–H and O–H groups in total. The minimum Gasteiger partial charge on any atom is -0.494 e. The van der Waals surface area contributed by atoms with Crippen molar-refractivity contribution < 1.29 is 9.13 Å². The lowest BCUT2D eigenvalue weighted by atomic mass is 10.3. The Kier molecular flexibility index (Phi) is 10.5. The van der Waals surface area contributed by atoms with Gasteiger partial charge in [0, 0.05) is 23.3 Å². The SMILES string of the molecule is CN=C(NCCCCOc1ccc(F)cc1)NCc1ccc(C)s1.I. The van der Waals surface area contributed by atoms with Gasteiger partial charge in [-0.25, -0.2) is 4.39 Å². The minimum absolute atomic E-state index is 0. The zero-order valence-corrected chi connectivity index (χ0v) is 17.7. The molecule has 2 rings (SSSR count). The molecule has 0 bridgehead atoms. The van der Waals surface area contributed by atoms with Crippen LogP contribution in [0.25, 0.3) is 0 Å². The van der Waals surface area contributed by atoms with E-state index in [-0.39, 0.29) is 29.8 Å². The molecule has 0 aliphatic heterocycles. The number of aryl methyl sites for hydroxylation is 1. The van der Waals surface area contributed by atoms with Gasteiger partial charge < -0.3 is 15.4 Å². The predicted molar refractivity (Wildman–Crippen MR) is 114 cm³/mol. The molecule has 7 heteroatoms. The summed E-state index contributed by atoms with van der Waals surface area (Å²) >= 11 is 1.79. The van der Waals surface area contributed by atoms with Crippen molar-refractivity contribution in [3.63, 3.8) is 0 Å². The van der Waals surface area contributed by atoms with E-state index in [1.807, 2.05) is 0 Å². The second-order valence-electron chi connectivity index (χ2n) is 5.37. The first-order valence-corrected chi connectivity index (χ1v) is 8.87. The summed E-state index contributed by atoms with van der Waals surface area (Å²) in [4.78, 5) is 6.83. The molecule has 0 saturated heterocycles. The molecule has 0 amide bonds. The molecule has 138 valence electrons. The Morgan fingerprint density at radius 3 is 2.52 bits per heavy atom. The van der Waals surface area contributed by atoms with E-state index in [1.165, 1.54) is 21.9 Å². The van der Waals surface area contributed by atoms with Gasteiger partial charge in [0.2, 0.25) is 0 Å². The number of ether oxygens (including phenoxy) is 1. The molecule has 25 heavy (non-hydrogen) atoms. The maximum atomic E-state index is 12.8. The van der Waals surface area contributed by atoms with E-state index in [9.17, 15) is 4.39 Å². The molecule has 0 saturated carbocycles. The lowest BCUT2D eigenvalue weighted by Crippen LogP contribution is -2.37. The summed E-state index contributed by atoms with van der Waals surface area (Å²) in [5.74, 6) is 1.26. The Morgan fingerprint density at radius 2 is 1.88 bits per heavy atom. The van der Waals surface area contributed by atoms with Crippen LogP contribution in [0.5, 0.6) is 5.75 Å². The van der Waals surface area contributed by atoms with Gasteiger partial charge in [-0.15, -0.1) is 35.3 Å². The topological polar surface area (TPSA) is 45.7 Å². The zero-order valence-electron chi connectivity index (χ0n) is 14.5. The second kappa shape index (κ2) is 12.1. The molecule has 0 unspecified atom stereocenters. The molecule has 0 aliphatic rings. The van der Waals surface area contributed by atoms with Crippen LogP contribution in [0.2, 0.25) is 0 Å². The van der Waals surface area contributed by atoms with E-state index in [0.29, 0.717) is 12.4 Å². The normalized spacial score (nSPS) is 10.9. The number of nitrogens with zero attached hydrogens (tertiary/aromatic N) is 1.